The van der Waals surface area contributed by atoms with Gasteiger partial charge in [0.15, 0.2) is 5.78 Å². The zero-order valence-electron chi connectivity index (χ0n) is 10.9. The van der Waals surface area contributed by atoms with Crippen LogP contribution in [0.2, 0.25) is 0 Å². The topological polar surface area (TPSA) is 46.2 Å². The number of Topliss-reactive ketones (excluding diaryl/α,β-unsaturated/α-hetero) is 1. The summed E-state index contributed by atoms with van der Waals surface area (Å²) in [5.74, 6) is -2.67. The number of rotatable bonds is 2. The van der Waals surface area contributed by atoms with Crippen LogP contribution < -0.4 is 5.32 Å². The molecule has 0 saturated carbocycles. The van der Waals surface area contributed by atoms with Crippen LogP contribution >= 0.6 is 0 Å². The van der Waals surface area contributed by atoms with Crippen molar-refractivity contribution in [2.75, 3.05) is 5.32 Å². The van der Waals surface area contributed by atoms with E-state index in [9.17, 15) is 18.4 Å². The summed E-state index contributed by atoms with van der Waals surface area (Å²) in [5.41, 5.74) is 0.908. The molecule has 2 aromatic rings. The predicted octanol–water partition coefficient (Wildman–Crippen LogP) is 3.27. The molecule has 3 rings (SSSR count). The van der Waals surface area contributed by atoms with Crippen LogP contribution in [0.5, 0.6) is 0 Å². The fraction of sp³-hybridized carbons (Fsp3) is 0.125. The third kappa shape index (κ3) is 2.42. The molecule has 106 valence electrons. The smallest absolute Gasteiger partial charge is 0.232 e. The first-order chi connectivity index (χ1) is 10.1. The largest absolute Gasteiger partial charge is 0.323 e. The lowest BCUT2D eigenvalue weighted by Gasteiger charge is -2.12. The first-order valence-electron chi connectivity index (χ1n) is 6.44. The molecule has 5 heteroatoms. The number of nitrogens with one attached hydrogen (secondary N) is 1. The quantitative estimate of drug-likeness (QED) is 0.921. The predicted molar refractivity (Wildman–Crippen MR) is 73.1 cm³/mol. The van der Waals surface area contributed by atoms with Gasteiger partial charge in [-0.1, -0.05) is 24.3 Å². The summed E-state index contributed by atoms with van der Waals surface area (Å²) < 4.78 is 26.6. The second-order valence-corrected chi connectivity index (χ2v) is 4.88. The van der Waals surface area contributed by atoms with E-state index in [-0.39, 0.29) is 17.9 Å². The van der Waals surface area contributed by atoms with E-state index in [2.05, 4.69) is 5.32 Å². The van der Waals surface area contributed by atoms with Crippen molar-refractivity contribution >= 4 is 17.4 Å². The molecule has 1 aliphatic carbocycles. The number of benzene rings is 2. The molecule has 1 N–H and O–H groups in total. The van der Waals surface area contributed by atoms with Gasteiger partial charge in [0.25, 0.3) is 0 Å². The van der Waals surface area contributed by atoms with Crippen molar-refractivity contribution in [1.82, 2.24) is 0 Å². The molecule has 2 aromatic carbocycles. The summed E-state index contributed by atoms with van der Waals surface area (Å²) in [6.45, 7) is 0. The highest BCUT2D eigenvalue weighted by molar-refractivity contribution is 6.09. The van der Waals surface area contributed by atoms with Gasteiger partial charge in [-0.15, -0.1) is 0 Å². The zero-order chi connectivity index (χ0) is 15.0. The molecule has 1 atom stereocenters. The van der Waals surface area contributed by atoms with Crippen molar-refractivity contribution in [2.24, 2.45) is 0 Å². The molecule has 0 fully saturated rings. The normalized spacial score (nSPS) is 16.7. The maximum Gasteiger partial charge on any atom is 0.232 e. The molecule has 0 unspecified atom stereocenters. The maximum atomic E-state index is 13.5. The van der Waals surface area contributed by atoms with Crippen molar-refractivity contribution in [3.63, 3.8) is 0 Å². The van der Waals surface area contributed by atoms with E-state index in [0.29, 0.717) is 11.1 Å². The highest BCUT2D eigenvalue weighted by Gasteiger charge is 2.34. The number of carbonyl (C=O) groups is 2. The number of fused-ring (bicyclic) bond motifs is 1. The van der Waals surface area contributed by atoms with Crippen LogP contribution in [-0.4, -0.2) is 11.7 Å². The monoisotopic (exact) mass is 287 g/mol. The second kappa shape index (κ2) is 5.09. The van der Waals surface area contributed by atoms with Crippen LogP contribution in [0, 0.1) is 11.6 Å². The number of halogens is 2. The molecule has 0 radical (unpaired) electrons. The van der Waals surface area contributed by atoms with Crippen molar-refractivity contribution in [2.45, 2.75) is 12.3 Å². The van der Waals surface area contributed by atoms with E-state index in [0.717, 1.165) is 18.2 Å². The number of hydrogen-bond donors (Lipinski definition) is 1. The Bertz CT molecular complexity index is 743. The lowest BCUT2D eigenvalue weighted by Crippen LogP contribution is -2.20. The highest BCUT2D eigenvalue weighted by Crippen LogP contribution is 2.34. The van der Waals surface area contributed by atoms with E-state index in [1.807, 2.05) is 0 Å². The van der Waals surface area contributed by atoms with Crippen molar-refractivity contribution < 1.29 is 18.4 Å². The molecule has 0 spiro atoms. The van der Waals surface area contributed by atoms with Crippen LogP contribution in [-0.2, 0) is 4.79 Å². The van der Waals surface area contributed by atoms with Gasteiger partial charge in [0.2, 0.25) is 5.91 Å². The minimum atomic E-state index is -0.720. The van der Waals surface area contributed by atoms with Gasteiger partial charge < -0.3 is 5.32 Å². The fourth-order valence-electron chi connectivity index (χ4n) is 2.51. The minimum Gasteiger partial charge on any atom is -0.323 e. The average Bonchev–Trinajstić information content (AvgIpc) is 2.81. The standard InChI is InChI=1S/C16H11F2NO2/c17-9-5-6-13(18)14(7-9)19-16(21)12-8-15(20)11-4-2-1-3-10(11)12/h1-7,12H,8H2,(H,19,21)/t12-/m0/s1. The molecule has 0 bridgehead atoms. The molecule has 0 heterocycles. The summed E-state index contributed by atoms with van der Waals surface area (Å²) >= 11 is 0. The Hall–Kier alpha value is -2.56. The summed E-state index contributed by atoms with van der Waals surface area (Å²) in [6, 6.07) is 9.65. The third-order valence-electron chi connectivity index (χ3n) is 3.53. The lowest BCUT2D eigenvalue weighted by molar-refractivity contribution is -0.117. The Morgan fingerprint density at radius 1 is 1.14 bits per heavy atom. The van der Waals surface area contributed by atoms with E-state index in [1.165, 1.54) is 0 Å². The van der Waals surface area contributed by atoms with Crippen LogP contribution in [0.3, 0.4) is 0 Å². The van der Waals surface area contributed by atoms with Gasteiger partial charge in [-0.2, -0.15) is 0 Å². The Labute approximate surface area is 119 Å². The molecule has 1 aliphatic rings. The summed E-state index contributed by atoms with van der Waals surface area (Å²) in [5, 5.41) is 2.35. The Kier molecular flexibility index (Phi) is 3.25. The molecule has 1 amide bonds. The van der Waals surface area contributed by atoms with E-state index < -0.39 is 23.5 Å². The van der Waals surface area contributed by atoms with Crippen molar-refractivity contribution in [3.05, 3.63) is 65.2 Å². The lowest BCUT2D eigenvalue weighted by atomic mass is 10.0. The molecular formula is C16H11F2NO2. The van der Waals surface area contributed by atoms with Gasteiger partial charge in [0, 0.05) is 18.1 Å². The van der Waals surface area contributed by atoms with Crippen LogP contribution in [0.1, 0.15) is 28.3 Å². The summed E-state index contributed by atoms with van der Waals surface area (Å²) in [7, 11) is 0. The van der Waals surface area contributed by atoms with Gasteiger partial charge in [-0.25, -0.2) is 8.78 Å². The van der Waals surface area contributed by atoms with Crippen molar-refractivity contribution in [3.8, 4) is 0 Å². The summed E-state index contributed by atoms with van der Waals surface area (Å²) in [6.07, 6.45) is 0.0438. The van der Waals surface area contributed by atoms with Gasteiger partial charge in [0.05, 0.1) is 11.6 Å². The zero-order valence-corrected chi connectivity index (χ0v) is 10.9. The average molecular weight is 287 g/mol. The molecule has 0 aromatic heterocycles. The van der Waals surface area contributed by atoms with Gasteiger partial charge in [-0.3, -0.25) is 9.59 Å². The minimum absolute atomic E-state index is 0.0438. The number of ketones is 1. The summed E-state index contributed by atoms with van der Waals surface area (Å²) in [4.78, 5) is 24.1. The molecule has 21 heavy (non-hydrogen) atoms. The van der Waals surface area contributed by atoms with E-state index in [1.54, 1.807) is 24.3 Å². The number of carbonyl (C=O) groups excluding carboxylic acids is 2. The number of hydrogen-bond acceptors (Lipinski definition) is 2. The maximum absolute atomic E-state index is 13.5. The highest BCUT2D eigenvalue weighted by atomic mass is 19.1. The fourth-order valence-corrected chi connectivity index (χ4v) is 2.51. The van der Waals surface area contributed by atoms with Crippen molar-refractivity contribution in [1.29, 1.82) is 0 Å². The second-order valence-electron chi connectivity index (χ2n) is 4.88. The Morgan fingerprint density at radius 3 is 2.71 bits per heavy atom. The van der Waals surface area contributed by atoms with Crippen LogP contribution in [0.4, 0.5) is 14.5 Å². The Balaban J connectivity index is 1.87. The van der Waals surface area contributed by atoms with Crippen LogP contribution in [0.15, 0.2) is 42.5 Å². The van der Waals surface area contributed by atoms with Gasteiger partial charge in [-0.05, 0) is 17.7 Å². The SMILES string of the molecule is O=C1C[C@H](C(=O)Nc2cc(F)ccc2F)c2ccccc21. The Morgan fingerprint density at radius 2 is 1.90 bits per heavy atom. The molecule has 3 nitrogen and oxygen atoms in total. The molecule has 0 aliphatic heterocycles. The van der Waals surface area contributed by atoms with Gasteiger partial charge >= 0.3 is 0 Å². The van der Waals surface area contributed by atoms with Gasteiger partial charge in [0.1, 0.15) is 11.6 Å². The van der Waals surface area contributed by atoms with E-state index >= 15 is 0 Å². The number of amides is 1. The number of anilines is 1. The third-order valence-corrected chi connectivity index (χ3v) is 3.53. The van der Waals surface area contributed by atoms with E-state index in [4.69, 9.17) is 0 Å². The molecular weight excluding hydrogens is 276 g/mol. The molecule has 0 saturated heterocycles. The first-order valence-corrected chi connectivity index (χ1v) is 6.44. The van der Waals surface area contributed by atoms with Crippen LogP contribution in [0.25, 0.3) is 0 Å². The first kappa shape index (κ1) is 13.4.